The predicted octanol–water partition coefficient (Wildman–Crippen LogP) is 4.19. The highest BCUT2D eigenvalue weighted by atomic mass is 35.5. The van der Waals surface area contributed by atoms with Gasteiger partial charge in [0, 0.05) is 12.0 Å². The molecule has 1 aromatic rings. The molecule has 2 saturated carbocycles. The van der Waals surface area contributed by atoms with Crippen molar-refractivity contribution >= 4 is 17.5 Å². The molecule has 4 nitrogen and oxygen atoms in total. The van der Waals surface area contributed by atoms with E-state index in [1.807, 2.05) is 0 Å². The zero-order valence-electron chi connectivity index (χ0n) is 13.0. The molecule has 0 saturated heterocycles. The highest BCUT2D eigenvalue weighted by Crippen LogP contribution is 2.45. The van der Waals surface area contributed by atoms with Crippen molar-refractivity contribution in [1.82, 2.24) is 15.1 Å². The summed E-state index contributed by atoms with van der Waals surface area (Å²) in [6.45, 7) is -0.0330. The van der Waals surface area contributed by atoms with Crippen molar-refractivity contribution in [2.45, 2.75) is 76.3 Å². The number of amides is 1. The number of carbonyl (C=O) groups is 1. The number of nitrogens with one attached hydrogen (secondary N) is 1. The second-order valence-electron chi connectivity index (χ2n) is 6.57. The summed E-state index contributed by atoms with van der Waals surface area (Å²) in [5.74, 6) is -0.00744. The molecule has 1 heterocycles. The van der Waals surface area contributed by atoms with Crippen LogP contribution in [0.15, 0.2) is 0 Å². The van der Waals surface area contributed by atoms with Gasteiger partial charge in [0.05, 0.1) is 10.7 Å². The van der Waals surface area contributed by atoms with E-state index < -0.39 is 12.1 Å². The Morgan fingerprint density at radius 3 is 2.43 bits per heavy atom. The molecule has 3 rings (SSSR count). The molecule has 0 atom stereocenters. The summed E-state index contributed by atoms with van der Waals surface area (Å²) in [7, 11) is 0. The van der Waals surface area contributed by atoms with Crippen LogP contribution in [0.4, 0.5) is 8.78 Å². The van der Waals surface area contributed by atoms with Gasteiger partial charge in [-0.15, -0.1) is 0 Å². The minimum absolute atomic E-state index is 0.0322. The summed E-state index contributed by atoms with van der Waals surface area (Å²) >= 11 is 6.06. The molecule has 0 aliphatic heterocycles. The van der Waals surface area contributed by atoms with Crippen LogP contribution in [0.3, 0.4) is 0 Å². The highest BCUT2D eigenvalue weighted by Gasteiger charge is 2.34. The molecule has 1 aromatic heterocycles. The third kappa shape index (κ3) is 4.03. The number of rotatable bonds is 5. The molecule has 2 fully saturated rings. The van der Waals surface area contributed by atoms with Crippen molar-refractivity contribution in [3.8, 4) is 0 Å². The van der Waals surface area contributed by atoms with Gasteiger partial charge in [0.25, 0.3) is 6.43 Å². The van der Waals surface area contributed by atoms with Gasteiger partial charge in [-0.3, -0.25) is 9.48 Å². The normalized spacial score (nSPS) is 19.8. The molecular formula is C16H22ClF2N3O. The molecule has 128 valence electrons. The topological polar surface area (TPSA) is 46.9 Å². The van der Waals surface area contributed by atoms with E-state index in [9.17, 15) is 13.6 Å². The van der Waals surface area contributed by atoms with Gasteiger partial charge in [0.2, 0.25) is 5.91 Å². The fraction of sp³-hybridized carbons (Fsp3) is 0.750. The van der Waals surface area contributed by atoms with Gasteiger partial charge in [-0.1, -0.05) is 37.3 Å². The quantitative estimate of drug-likeness (QED) is 0.813. The van der Waals surface area contributed by atoms with E-state index in [1.54, 1.807) is 0 Å². The predicted molar refractivity (Wildman–Crippen MR) is 83.8 cm³/mol. The maximum Gasteiger partial charge on any atom is 0.283 e. The van der Waals surface area contributed by atoms with Crippen LogP contribution >= 0.6 is 11.6 Å². The van der Waals surface area contributed by atoms with Crippen LogP contribution in [0, 0.1) is 0 Å². The van der Waals surface area contributed by atoms with Crippen LogP contribution < -0.4 is 5.32 Å². The van der Waals surface area contributed by atoms with Crippen molar-refractivity contribution in [2.24, 2.45) is 0 Å². The van der Waals surface area contributed by atoms with Crippen molar-refractivity contribution in [3.63, 3.8) is 0 Å². The number of halogens is 3. The van der Waals surface area contributed by atoms with E-state index in [0.717, 1.165) is 38.5 Å². The van der Waals surface area contributed by atoms with E-state index in [2.05, 4.69) is 10.4 Å². The molecule has 1 N–H and O–H groups in total. The summed E-state index contributed by atoms with van der Waals surface area (Å²) in [6, 6.07) is 0.190. The van der Waals surface area contributed by atoms with Crippen LogP contribution in [0.1, 0.15) is 75.1 Å². The number of hydrogen-bond donors (Lipinski definition) is 1. The Hall–Kier alpha value is -1.17. The first kappa shape index (κ1) is 16.7. The number of nitrogens with zero attached hydrogens (tertiary/aromatic N) is 2. The first-order chi connectivity index (χ1) is 11.1. The fourth-order valence-electron chi connectivity index (χ4n) is 3.31. The van der Waals surface area contributed by atoms with Crippen LogP contribution in [-0.4, -0.2) is 21.7 Å². The third-order valence-corrected chi connectivity index (χ3v) is 5.03. The monoisotopic (exact) mass is 345 g/mol. The van der Waals surface area contributed by atoms with Gasteiger partial charge in [-0.25, -0.2) is 8.78 Å². The molecular weight excluding hydrogens is 324 g/mol. The third-order valence-electron chi connectivity index (χ3n) is 4.64. The average Bonchev–Trinajstić information content (AvgIpc) is 3.29. The Bertz CT molecular complexity index is 564. The zero-order chi connectivity index (χ0) is 16.4. The summed E-state index contributed by atoms with van der Waals surface area (Å²) in [6.07, 6.45) is 5.77. The molecule has 7 heteroatoms. The van der Waals surface area contributed by atoms with Crippen molar-refractivity contribution < 1.29 is 13.6 Å². The molecule has 23 heavy (non-hydrogen) atoms. The number of alkyl halides is 2. The second-order valence-corrected chi connectivity index (χ2v) is 6.95. The van der Waals surface area contributed by atoms with Gasteiger partial charge >= 0.3 is 0 Å². The summed E-state index contributed by atoms with van der Waals surface area (Å²) < 4.78 is 27.4. The smallest absolute Gasteiger partial charge is 0.283 e. The van der Waals surface area contributed by atoms with E-state index in [1.165, 1.54) is 17.5 Å². The van der Waals surface area contributed by atoms with E-state index in [4.69, 9.17) is 11.6 Å². The minimum Gasteiger partial charge on any atom is -0.352 e. The highest BCUT2D eigenvalue weighted by molar-refractivity contribution is 6.32. The molecule has 2 aliphatic carbocycles. The molecule has 0 bridgehead atoms. The largest absolute Gasteiger partial charge is 0.352 e. The molecule has 0 unspecified atom stereocenters. The summed E-state index contributed by atoms with van der Waals surface area (Å²) in [4.78, 5) is 12.3. The maximum atomic E-state index is 13.0. The first-order valence-corrected chi connectivity index (χ1v) is 8.77. The maximum absolute atomic E-state index is 13.0. The van der Waals surface area contributed by atoms with Crippen LogP contribution in [0.2, 0.25) is 5.02 Å². The van der Waals surface area contributed by atoms with Crippen LogP contribution in [0.25, 0.3) is 0 Å². The Morgan fingerprint density at radius 2 is 1.87 bits per heavy atom. The van der Waals surface area contributed by atoms with Crippen LogP contribution in [0.5, 0.6) is 0 Å². The summed E-state index contributed by atoms with van der Waals surface area (Å²) in [5.41, 5.74) is 0.189. The van der Waals surface area contributed by atoms with Gasteiger partial charge in [-0.05, 0) is 25.7 Å². The summed E-state index contributed by atoms with van der Waals surface area (Å²) in [5, 5.41) is 6.95. The Balaban J connectivity index is 1.69. The van der Waals surface area contributed by atoms with E-state index in [-0.39, 0.29) is 29.4 Å². The number of carbonyl (C=O) groups excluding carboxylic acids is 1. The lowest BCUT2D eigenvalue weighted by Crippen LogP contribution is -2.37. The lowest BCUT2D eigenvalue weighted by atomic mass is 10.1. The molecule has 0 radical (unpaired) electrons. The zero-order valence-corrected chi connectivity index (χ0v) is 13.8. The van der Waals surface area contributed by atoms with Gasteiger partial charge in [0.15, 0.2) is 0 Å². The van der Waals surface area contributed by atoms with Gasteiger partial charge in [0.1, 0.15) is 12.2 Å². The van der Waals surface area contributed by atoms with Crippen molar-refractivity contribution in [3.05, 3.63) is 16.4 Å². The number of hydrogen-bond acceptors (Lipinski definition) is 2. The SMILES string of the molecule is O=C(Cn1nc(C(F)F)c(Cl)c1C1CC1)NC1CCCCCC1. The Labute approximate surface area is 139 Å². The number of aromatic nitrogens is 2. The lowest BCUT2D eigenvalue weighted by Gasteiger charge is -2.16. The standard InChI is InChI=1S/C16H22ClF2N3O/c17-13-14(16(18)19)21-22(15(13)10-7-8-10)9-12(23)20-11-5-3-1-2-4-6-11/h10-11,16H,1-9H2,(H,20,23). The van der Waals surface area contributed by atoms with E-state index >= 15 is 0 Å². The van der Waals surface area contributed by atoms with Crippen molar-refractivity contribution in [1.29, 1.82) is 0 Å². The molecule has 1 amide bonds. The Kier molecular flexibility index (Phi) is 5.19. The molecule has 0 aromatic carbocycles. The van der Waals surface area contributed by atoms with Crippen molar-refractivity contribution in [2.75, 3.05) is 0 Å². The van der Waals surface area contributed by atoms with Crippen LogP contribution in [-0.2, 0) is 11.3 Å². The first-order valence-electron chi connectivity index (χ1n) is 8.40. The molecule has 0 spiro atoms. The average molecular weight is 346 g/mol. The molecule has 2 aliphatic rings. The second kappa shape index (κ2) is 7.16. The van der Waals surface area contributed by atoms with Gasteiger partial charge in [-0.2, -0.15) is 5.10 Å². The fourth-order valence-corrected chi connectivity index (χ4v) is 3.68. The minimum atomic E-state index is -2.72. The van der Waals surface area contributed by atoms with Gasteiger partial charge < -0.3 is 5.32 Å². The lowest BCUT2D eigenvalue weighted by molar-refractivity contribution is -0.122. The Morgan fingerprint density at radius 1 is 1.22 bits per heavy atom. The van der Waals surface area contributed by atoms with E-state index in [0.29, 0.717) is 5.69 Å².